The zero-order valence-electron chi connectivity index (χ0n) is 12.2. The molecule has 0 bridgehead atoms. The van der Waals surface area contributed by atoms with Crippen LogP contribution in [0, 0.1) is 5.82 Å². The predicted octanol–water partition coefficient (Wildman–Crippen LogP) is 1.97. The van der Waals surface area contributed by atoms with Crippen molar-refractivity contribution in [3.63, 3.8) is 0 Å². The Hall–Kier alpha value is -2.21. The van der Waals surface area contributed by atoms with Crippen molar-refractivity contribution in [3.05, 3.63) is 42.2 Å². The maximum Gasteiger partial charge on any atom is 0.223 e. The molecule has 22 heavy (non-hydrogen) atoms. The molecule has 1 atom stereocenters. The standard InChI is InChI=1S/C16H18FN3O2/c17-13-4-2-1-3-12(13)14-9-19-15(22-14)5-6-16(21)20-8-7-11(18)10-20/h1-4,9,11H,5-8,10,18H2/t11-/m1/s1. The van der Waals surface area contributed by atoms with E-state index in [2.05, 4.69) is 4.98 Å². The SMILES string of the molecule is N[C@@H]1CCN(C(=O)CCc2ncc(-c3ccccc3F)o2)C1. The second-order valence-corrected chi connectivity index (χ2v) is 5.49. The van der Waals surface area contributed by atoms with Gasteiger partial charge in [0, 0.05) is 32.0 Å². The van der Waals surface area contributed by atoms with Crippen molar-refractivity contribution in [2.24, 2.45) is 5.73 Å². The van der Waals surface area contributed by atoms with Crippen molar-refractivity contribution in [1.82, 2.24) is 9.88 Å². The van der Waals surface area contributed by atoms with Gasteiger partial charge in [0.1, 0.15) is 5.82 Å². The Kier molecular flexibility index (Phi) is 4.20. The van der Waals surface area contributed by atoms with Crippen LogP contribution in [0.15, 0.2) is 34.9 Å². The van der Waals surface area contributed by atoms with Crippen LogP contribution in [-0.4, -0.2) is 34.9 Å². The maximum atomic E-state index is 13.7. The van der Waals surface area contributed by atoms with Crippen molar-refractivity contribution in [1.29, 1.82) is 0 Å². The van der Waals surface area contributed by atoms with E-state index in [1.165, 1.54) is 12.3 Å². The first-order valence-corrected chi connectivity index (χ1v) is 7.36. The van der Waals surface area contributed by atoms with Crippen molar-refractivity contribution in [2.45, 2.75) is 25.3 Å². The number of halogens is 1. The highest BCUT2D eigenvalue weighted by Gasteiger charge is 2.23. The molecule has 2 aromatic rings. The number of oxazole rings is 1. The summed E-state index contributed by atoms with van der Waals surface area (Å²) in [6, 6.07) is 6.45. The minimum Gasteiger partial charge on any atom is -0.441 e. The van der Waals surface area contributed by atoms with E-state index in [9.17, 15) is 9.18 Å². The van der Waals surface area contributed by atoms with Gasteiger partial charge < -0.3 is 15.1 Å². The Balaban J connectivity index is 1.60. The highest BCUT2D eigenvalue weighted by Crippen LogP contribution is 2.23. The molecular formula is C16H18FN3O2. The third-order valence-corrected chi connectivity index (χ3v) is 3.82. The number of likely N-dealkylation sites (tertiary alicyclic amines) is 1. The number of carbonyl (C=O) groups excluding carboxylic acids is 1. The van der Waals surface area contributed by atoms with Gasteiger partial charge in [-0.1, -0.05) is 12.1 Å². The van der Waals surface area contributed by atoms with Crippen molar-refractivity contribution in [2.75, 3.05) is 13.1 Å². The summed E-state index contributed by atoms with van der Waals surface area (Å²) in [7, 11) is 0. The van der Waals surface area contributed by atoms with Crippen LogP contribution in [0.4, 0.5) is 4.39 Å². The molecule has 1 fully saturated rings. The topological polar surface area (TPSA) is 72.4 Å². The van der Waals surface area contributed by atoms with E-state index in [0.29, 0.717) is 43.1 Å². The molecule has 0 aliphatic carbocycles. The lowest BCUT2D eigenvalue weighted by molar-refractivity contribution is -0.130. The molecule has 1 saturated heterocycles. The smallest absolute Gasteiger partial charge is 0.223 e. The number of nitrogens with two attached hydrogens (primary N) is 1. The van der Waals surface area contributed by atoms with E-state index in [4.69, 9.17) is 10.2 Å². The number of hydrogen-bond acceptors (Lipinski definition) is 4. The summed E-state index contributed by atoms with van der Waals surface area (Å²) >= 11 is 0. The third-order valence-electron chi connectivity index (χ3n) is 3.82. The van der Waals surface area contributed by atoms with E-state index < -0.39 is 0 Å². The molecule has 2 heterocycles. The van der Waals surface area contributed by atoms with Crippen LogP contribution in [0.3, 0.4) is 0 Å². The largest absolute Gasteiger partial charge is 0.441 e. The first-order chi connectivity index (χ1) is 10.6. The second kappa shape index (κ2) is 6.27. The predicted molar refractivity (Wildman–Crippen MR) is 79.4 cm³/mol. The van der Waals surface area contributed by atoms with Gasteiger partial charge in [-0.25, -0.2) is 9.37 Å². The monoisotopic (exact) mass is 303 g/mol. The lowest BCUT2D eigenvalue weighted by atomic mass is 10.2. The van der Waals surface area contributed by atoms with Gasteiger partial charge in [-0.2, -0.15) is 0 Å². The Morgan fingerprint density at radius 3 is 3.00 bits per heavy atom. The third kappa shape index (κ3) is 3.17. The number of aromatic nitrogens is 1. The summed E-state index contributed by atoms with van der Waals surface area (Å²) in [6.45, 7) is 1.33. The molecule has 0 saturated carbocycles. The first kappa shape index (κ1) is 14.7. The summed E-state index contributed by atoms with van der Waals surface area (Å²) in [4.78, 5) is 17.9. The zero-order chi connectivity index (χ0) is 15.5. The number of carbonyl (C=O) groups is 1. The normalized spacial score (nSPS) is 17.9. The van der Waals surface area contributed by atoms with Crippen molar-refractivity contribution < 1.29 is 13.6 Å². The van der Waals surface area contributed by atoms with Gasteiger partial charge in [0.25, 0.3) is 0 Å². The number of aryl methyl sites for hydroxylation is 1. The van der Waals surface area contributed by atoms with Gasteiger partial charge in [0.05, 0.1) is 11.8 Å². The van der Waals surface area contributed by atoms with Crippen LogP contribution in [-0.2, 0) is 11.2 Å². The molecule has 116 valence electrons. The van der Waals surface area contributed by atoms with Gasteiger partial charge in [0.2, 0.25) is 5.91 Å². The molecule has 6 heteroatoms. The Morgan fingerprint density at radius 1 is 1.45 bits per heavy atom. The van der Waals surface area contributed by atoms with E-state index in [1.807, 2.05) is 0 Å². The van der Waals surface area contributed by atoms with Gasteiger partial charge in [-0.05, 0) is 18.6 Å². The van der Waals surface area contributed by atoms with E-state index in [1.54, 1.807) is 23.1 Å². The molecule has 1 aromatic carbocycles. The second-order valence-electron chi connectivity index (χ2n) is 5.49. The summed E-state index contributed by atoms with van der Waals surface area (Å²) < 4.78 is 19.2. The van der Waals surface area contributed by atoms with Crippen LogP contribution in [0.5, 0.6) is 0 Å². The van der Waals surface area contributed by atoms with Gasteiger partial charge in [-0.3, -0.25) is 4.79 Å². The zero-order valence-corrected chi connectivity index (χ0v) is 12.2. The number of benzene rings is 1. The van der Waals surface area contributed by atoms with Gasteiger partial charge >= 0.3 is 0 Å². The minimum atomic E-state index is -0.354. The van der Waals surface area contributed by atoms with E-state index >= 15 is 0 Å². The average Bonchev–Trinajstić information content (AvgIpc) is 3.14. The molecule has 0 unspecified atom stereocenters. The van der Waals surface area contributed by atoms with Crippen molar-refractivity contribution >= 4 is 5.91 Å². The van der Waals surface area contributed by atoms with Crippen LogP contribution in [0.2, 0.25) is 0 Å². The van der Waals surface area contributed by atoms with Crippen LogP contribution >= 0.6 is 0 Å². The van der Waals surface area contributed by atoms with Crippen LogP contribution < -0.4 is 5.73 Å². The Morgan fingerprint density at radius 2 is 2.27 bits per heavy atom. The van der Waals surface area contributed by atoms with Gasteiger partial charge in [-0.15, -0.1) is 0 Å². The molecule has 1 aliphatic rings. The number of hydrogen-bond donors (Lipinski definition) is 1. The lowest BCUT2D eigenvalue weighted by Gasteiger charge is -2.14. The lowest BCUT2D eigenvalue weighted by Crippen LogP contribution is -2.31. The molecule has 5 nitrogen and oxygen atoms in total. The first-order valence-electron chi connectivity index (χ1n) is 7.36. The Bertz CT molecular complexity index is 671. The molecule has 1 amide bonds. The number of amides is 1. The Labute approximate surface area is 127 Å². The van der Waals surface area contributed by atoms with Crippen molar-refractivity contribution in [3.8, 4) is 11.3 Å². The molecule has 1 aliphatic heterocycles. The number of rotatable bonds is 4. The fraction of sp³-hybridized carbons (Fsp3) is 0.375. The van der Waals surface area contributed by atoms with Gasteiger partial charge in [0.15, 0.2) is 11.7 Å². The highest BCUT2D eigenvalue weighted by atomic mass is 19.1. The van der Waals surface area contributed by atoms with Crippen LogP contribution in [0.1, 0.15) is 18.7 Å². The molecule has 1 aromatic heterocycles. The van der Waals surface area contributed by atoms with E-state index in [0.717, 1.165) is 6.42 Å². The van der Waals surface area contributed by atoms with E-state index in [-0.39, 0.29) is 17.8 Å². The average molecular weight is 303 g/mol. The minimum absolute atomic E-state index is 0.0543. The molecule has 0 radical (unpaired) electrons. The summed E-state index contributed by atoms with van der Waals surface area (Å²) in [5.74, 6) is 0.518. The fourth-order valence-electron chi connectivity index (χ4n) is 2.60. The molecule has 0 spiro atoms. The quantitative estimate of drug-likeness (QED) is 0.937. The summed E-state index contributed by atoms with van der Waals surface area (Å²) in [5.41, 5.74) is 6.17. The highest BCUT2D eigenvalue weighted by molar-refractivity contribution is 5.76. The fourth-order valence-corrected chi connectivity index (χ4v) is 2.60. The summed E-state index contributed by atoms with van der Waals surface area (Å²) in [5, 5.41) is 0. The molecule has 2 N–H and O–H groups in total. The molecule has 3 rings (SSSR count). The van der Waals surface area contributed by atoms with Crippen LogP contribution in [0.25, 0.3) is 11.3 Å². The summed E-state index contributed by atoms with van der Waals surface area (Å²) in [6.07, 6.45) is 3.06. The number of nitrogens with zero attached hydrogens (tertiary/aromatic N) is 2. The maximum absolute atomic E-state index is 13.7. The molecular weight excluding hydrogens is 285 g/mol.